The van der Waals surface area contributed by atoms with Gasteiger partial charge in [0, 0.05) is 0 Å². The second-order valence-corrected chi connectivity index (χ2v) is 3.42. The average Bonchev–Trinajstić information content (AvgIpc) is 2.19. The normalized spacial score (nSPS) is 21.6. The molecule has 0 radical (unpaired) electrons. The van der Waals surface area contributed by atoms with Gasteiger partial charge in [-0.05, 0) is 19.6 Å². The van der Waals surface area contributed by atoms with Crippen LogP contribution in [0.3, 0.4) is 0 Å². The van der Waals surface area contributed by atoms with Gasteiger partial charge in [0.2, 0.25) is 0 Å². The summed E-state index contributed by atoms with van der Waals surface area (Å²) in [5.74, 6) is 0. The fourth-order valence-electron chi connectivity index (χ4n) is 1.78. The first-order valence-electron chi connectivity index (χ1n) is 5.27. The minimum Gasteiger partial charge on any atom is -0.297 e. The highest BCUT2D eigenvalue weighted by Crippen LogP contribution is 2.20. The molecule has 15 heavy (non-hydrogen) atoms. The van der Waals surface area contributed by atoms with E-state index in [1.807, 2.05) is 0 Å². The summed E-state index contributed by atoms with van der Waals surface area (Å²) < 4.78 is 44.0. The van der Waals surface area contributed by atoms with Crippen molar-refractivity contribution in [3.8, 4) is 0 Å². The molecule has 1 aliphatic rings. The lowest BCUT2D eigenvalue weighted by molar-refractivity contribution is 0.349. The van der Waals surface area contributed by atoms with Gasteiger partial charge in [-0.2, -0.15) is 0 Å². The maximum Gasteiger partial charge on any atom is 0.505 e. The van der Waals surface area contributed by atoms with E-state index in [1.54, 1.807) is 20.8 Å². The van der Waals surface area contributed by atoms with E-state index in [-0.39, 0.29) is 19.6 Å². The fraction of sp³-hybridized carbons (Fsp3) is 1.00. The van der Waals surface area contributed by atoms with Crippen molar-refractivity contribution in [1.82, 2.24) is 14.2 Å². The van der Waals surface area contributed by atoms with Crippen molar-refractivity contribution in [3.05, 3.63) is 0 Å². The van der Waals surface area contributed by atoms with Crippen molar-refractivity contribution in [3.63, 3.8) is 0 Å². The third-order valence-corrected chi connectivity index (χ3v) is 2.74. The van der Waals surface area contributed by atoms with Crippen molar-refractivity contribution in [2.45, 2.75) is 20.8 Å². The monoisotopic (exact) mass is 219 g/mol. The summed E-state index contributed by atoms with van der Waals surface area (Å²) in [4.78, 5) is 0. The van der Waals surface area contributed by atoms with Crippen LogP contribution < -0.4 is 0 Å². The number of hydrogen-bond donors (Lipinski definition) is 0. The Morgan fingerprint density at radius 3 is 1.00 bits per heavy atom. The zero-order valence-corrected chi connectivity index (χ0v) is 9.33. The Labute approximate surface area is 90.1 Å². The minimum atomic E-state index is -1.69. The minimum absolute atomic E-state index is 0.210. The van der Waals surface area contributed by atoms with Crippen LogP contribution in [0.1, 0.15) is 20.8 Å². The molecule has 0 spiro atoms. The summed E-state index contributed by atoms with van der Waals surface area (Å²) in [5, 5.41) is 0. The maximum absolute atomic E-state index is 13.7. The highest BCUT2D eigenvalue weighted by Gasteiger charge is 2.55. The zero-order valence-electron chi connectivity index (χ0n) is 9.33. The van der Waals surface area contributed by atoms with E-state index in [9.17, 15) is 12.9 Å². The Morgan fingerprint density at radius 2 is 0.867 bits per heavy atom. The third kappa shape index (κ3) is 2.19. The van der Waals surface area contributed by atoms with Crippen LogP contribution in [-0.4, -0.2) is 55.6 Å². The Hall–Kier alpha value is -0.135. The number of nitrogens with zero attached hydrogens (tertiary/aromatic N) is 3. The molecule has 9 heteroatoms. The quantitative estimate of drug-likeness (QED) is 0.650. The van der Waals surface area contributed by atoms with E-state index in [1.165, 1.54) is 0 Å². The van der Waals surface area contributed by atoms with Crippen molar-refractivity contribution >= 4 is 21.8 Å². The molecule has 0 aromatic heterocycles. The summed E-state index contributed by atoms with van der Waals surface area (Å²) in [7, 11) is -5.06. The first-order chi connectivity index (χ1) is 7.08. The lowest BCUT2D eigenvalue weighted by atomic mass is 9.66. The van der Waals surface area contributed by atoms with Crippen molar-refractivity contribution in [1.29, 1.82) is 0 Å². The van der Waals surface area contributed by atoms with Crippen molar-refractivity contribution in [2.75, 3.05) is 19.6 Å². The van der Waals surface area contributed by atoms with Gasteiger partial charge in [0.1, 0.15) is 0 Å². The van der Waals surface area contributed by atoms with Gasteiger partial charge >= 0.3 is 21.8 Å². The predicted molar refractivity (Wildman–Crippen MR) is 57.7 cm³/mol. The van der Waals surface area contributed by atoms with Crippen LogP contribution in [0.2, 0.25) is 0 Å². The predicted octanol–water partition coefficient (Wildman–Crippen LogP) is 0.829. The van der Waals surface area contributed by atoms with E-state index in [2.05, 4.69) is 0 Å². The molecule has 0 saturated carbocycles. The van der Waals surface area contributed by atoms with E-state index in [0.717, 1.165) is 14.2 Å². The summed E-state index contributed by atoms with van der Waals surface area (Å²) in [6, 6.07) is 0. The van der Waals surface area contributed by atoms with Gasteiger partial charge in [0.15, 0.2) is 0 Å². The molecule has 0 bridgehead atoms. The van der Waals surface area contributed by atoms with Crippen LogP contribution in [0.5, 0.6) is 0 Å². The van der Waals surface area contributed by atoms with E-state index >= 15 is 0 Å². The molecular formula is C6H15B3F3N3. The lowest BCUT2D eigenvalue weighted by Crippen LogP contribution is -2.74. The second kappa shape index (κ2) is 5.27. The SMILES string of the molecule is CCN1B(F)N(CC)B(F)N(CC)B1F. The van der Waals surface area contributed by atoms with E-state index in [4.69, 9.17) is 0 Å². The van der Waals surface area contributed by atoms with Gasteiger partial charge in [0.25, 0.3) is 0 Å². The molecule has 1 rings (SSSR count). The fourth-order valence-corrected chi connectivity index (χ4v) is 1.78. The lowest BCUT2D eigenvalue weighted by Gasteiger charge is -2.42. The Bertz CT molecular complexity index is 168. The summed E-state index contributed by atoms with van der Waals surface area (Å²) >= 11 is 0. The van der Waals surface area contributed by atoms with Gasteiger partial charge < -0.3 is 0 Å². The molecule has 0 amide bonds. The summed E-state index contributed by atoms with van der Waals surface area (Å²) in [5.41, 5.74) is 0. The molecule has 3 nitrogen and oxygen atoms in total. The molecule has 0 aromatic carbocycles. The van der Waals surface area contributed by atoms with Crippen LogP contribution in [0.25, 0.3) is 0 Å². The molecule has 84 valence electrons. The molecular weight excluding hydrogens is 204 g/mol. The molecule has 0 aliphatic carbocycles. The van der Waals surface area contributed by atoms with E-state index in [0.29, 0.717) is 0 Å². The van der Waals surface area contributed by atoms with Crippen molar-refractivity contribution < 1.29 is 12.9 Å². The zero-order chi connectivity index (χ0) is 11.6. The molecule has 1 saturated heterocycles. The summed E-state index contributed by atoms with van der Waals surface area (Å²) in [6.07, 6.45) is 0. The summed E-state index contributed by atoms with van der Waals surface area (Å²) in [6.45, 7) is 5.59. The highest BCUT2D eigenvalue weighted by molar-refractivity contribution is 6.79. The molecule has 0 aromatic rings. The van der Waals surface area contributed by atoms with Gasteiger partial charge in [-0.1, -0.05) is 20.8 Å². The topological polar surface area (TPSA) is 9.72 Å². The third-order valence-electron chi connectivity index (χ3n) is 2.74. The van der Waals surface area contributed by atoms with Crippen molar-refractivity contribution in [2.24, 2.45) is 0 Å². The van der Waals surface area contributed by atoms with Crippen LogP contribution in [0.4, 0.5) is 12.9 Å². The first kappa shape index (κ1) is 12.9. The highest BCUT2D eigenvalue weighted by atomic mass is 19.1. The Balaban J connectivity index is 2.87. The van der Waals surface area contributed by atoms with E-state index < -0.39 is 21.8 Å². The molecule has 1 fully saturated rings. The Morgan fingerprint density at radius 1 is 0.667 bits per heavy atom. The number of halogens is 3. The first-order valence-corrected chi connectivity index (χ1v) is 5.27. The van der Waals surface area contributed by atoms with Gasteiger partial charge in [-0.3, -0.25) is 27.1 Å². The Kier molecular flexibility index (Phi) is 4.54. The van der Waals surface area contributed by atoms with Gasteiger partial charge in [0.05, 0.1) is 0 Å². The van der Waals surface area contributed by atoms with Gasteiger partial charge in [-0.25, -0.2) is 0 Å². The van der Waals surface area contributed by atoms with Crippen LogP contribution in [-0.2, 0) is 0 Å². The molecule has 0 N–H and O–H groups in total. The number of hydrogen-bond acceptors (Lipinski definition) is 3. The molecule has 1 heterocycles. The van der Waals surface area contributed by atoms with Crippen LogP contribution >= 0.6 is 0 Å². The average molecular weight is 219 g/mol. The standard InChI is InChI=1S/C6H15B3F3N3/c1-4-13-7(10)14(5-2)9(12)15(6-3)8(13)11/h4-6H2,1-3H3. The molecule has 0 unspecified atom stereocenters. The van der Waals surface area contributed by atoms with Gasteiger partial charge in [-0.15, -0.1) is 0 Å². The molecule has 0 atom stereocenters. The van der Waals surface area contributed by atoms with Crippen LogP contribution in [0, 0.1) is 0 Å². The largest absolute Gasteiger partial charge is 0.505 e. The smallest absolute Gasteiger partial charge is 0.297 e. The maximum atomic E-state index is 13.7. The molecule has 1 aliphatic heterocycles. The number of rotatable bonds is 3. The second-order valence-electron chi connectivity index (χ2n) is 3.42. The van der Waals surface area contributed by atoms with Crippen LogP contribution in [0.15, 0.2) is 0 Å².